The van der Waals surface area contributed by atoms with Crippen LogP contribution in [0, 0.1) is 0 Å². The van der Waals surface area contributed by atoms with Gasteiger partial charge in [-0.05, 0) is 35.8 Å². The topological polar surface area (TPSA) is 34.0 Å². The molecule has 4 heteroatoms. The van der Waals surface area contributed by atoms with Crippen molar-refractivity contribution in [2.75, 3.05) is 6.54 Å². The number of halogens is 1. The van der Waals surface area contributed by atoms with E-state index < -0.39 is 0 Å². The van der Waals surface area contributed by atoms with E-state index in [1.54, 1.807) is 0 Å². The molecule has 3 nitrogen and oxygen atoms in total. The van der Waals surface area contributed by atoms with Gasteiger partial charge in [0.1, 0.15) is 5.69 Å². The van der Waals surface area contributed by atoms with Gasteiger partial charge in [0.05, 0.1) is 0 Å². The Labute approximate surface area is 98.3 Å². The summed E-state index contributed by atoms with van der Waals surface area (Å²) in [6, 6.07) is 1.82. The first-order valence-electron chi connectivity index (χ1n) is 4.82. The van der Waals surface area contributed by atoms with Gasteiger partial charge in [0.15, 0.2) is 0 Å². The van der Waals surface area contributed by atoms with Gasteiger partial charge in [0.25, 0.3) is 5.91 Å². The second-order valence-electron chi connectivity index (χ2n) is 3.47. The van der Waals surface area contributed by atoms with Gasteiger partial charge in [-0.25, -0.2) is 0 Å². The number of aryl methyl sites for hydroxylation is 1. The highest BCUT2D eigenvalue weighted by molar-refractivity contribution is 9.10. The molecule has 1 amide bonds. The maximum absolute atomic E-state index is 11.7. The van der Waals surface area contributed by atoms with Gasteiger partial charge in [0, 0.05) is 23.8 Å². The van der Waals surface area contributed by atoms with Crippen molar-refractivity contribution < 1.29 is 4.79 Å². The monoisotopic (exact) mass is 270 g/mol. The summed E-state index contributed by atoms with van der Waals surface area (Å²) in [4.78, 5) is 11.7. The van der Waals surface area contributed by atoms with Crippen molar-refractivity contribution in [3.63, 3.8) is 0 Å². The molecule has 1 heterocycles. The number of nitrogens with one attached hydrogen (secondary N) is 1. The summed E-state index contributed by atoms with van der Waals surface area (Å²) in [6.07, 6.45) is 1.90. The third kappa shape index (κ3) is 3.23. The summed E-state index contributed by atoms with van der Waals surface area (Å²) in [5, 5.41) is 2.81. The SMILES string of the molecule is C=C(C)CNC(=O)c1cc(Br)cn1CC. The van der Waals surface area contributed by atoms with E-state index in [2.05, 4.69) is 27.8 Å². The largest absolute Gasteiger partial charge is 0.347 e. The number of hydrogen-bond donors (Lipinski definition) is 1. The van der Waals surface area contributed by atoms with E-state index in [-0.39, 0.29) is 5.91 Å². The maximum Gasteiger partial charge on any atom is 0.268 e. The smallest absolute Gasteiger partial charge is 0.268 e. The number of aromatic nitrogens is 1. The third-order valence-electron chi connectivity index (χ3n) is 1.99. The first-order valence-corrected chi connectivity index (χ1v) is 5.62. The molecule has 0 atom stereocenters. The summed E-state index contributed by atoms with van der Waals surface area (Å²) < 4.78 is 2.82. The minimum atomic E-state index is -0.0643. The van der Waals surface area contributed by atoms with Crippen LogP contribution < -0.4 is 5.32 Å². The van der Waals surface area contributed by atoms with Crippen LogP contribution in [0.4, 0.5) is 0 Å². The van der Waals surface area contributed by atoms with Crippen LogP contribution in [0.2, 0.25) is 0 Å². The molecule has 0 radical (unpaired) electrons. The maximum atomic E-state index is 11.7. The lowest BCUT2D eigenvalue weighted by Gasteiger charge is -2.07. The first kappa shape index (κ1) is 12.0. The van der Waals surface area contributed by atoms with Crippen molar-refractivity contribution >= 4 is 21.8 Å². The fourth-order valence-corrected chi connectivity index (χ4v) is 1.71. The molecule has 0 aliphatic rings. The number of amides is 1. The zero-order valence-corrected chi connectivity index (χ0v) is 10.6. The zero-order chi connectivity index (χ0) is 11.4. The van der Waals surface area contributed by atoms with Crippen molar-refractivity contribution in [2.45, 2.75) is 20.4 Å². The second kappa shape index (κ2) is 5.16. The van der Waals surface area contributed by atoms with E-state index in [0.29, 0.717) is 12.2 Å². The molecular formula is C11H15BrN2O. The molecule has 1 N–H and O–H groups in total. The molecule has 0 bridgehead atoms. The molecule has 82 valence electrons. The molecule has 0 unspecified atom stereocenters. The standard InChI is InChI=1S/C11H15BrN2O/c1-4-14-7-9(12)5-10(14)11(15)13-6-8(2)3/h5,7H,2,4,6H2,1,3H3,(H,13,15). The van der Waals surface area contributed by atoms with Crippen LogP contribution in [0.25, 0.3) is 0 Å². The fourth-order valence-electron chi connectivity index (χ4n) is 1.25. The summed E-state index contributed by atoms with van der Waals surface area (Å²) in [6.45, 7) is 8.92. The number of hydrogen-bond acceptors (Lipinski definition) is 1. The van der Waals surface area contributed by atoms with Crippen LogP contribution >= 0.6 is 15.9 Å². The third-order valence-corrected chi connectivity index (χ3v) is 2.42. The van der Waals surface area contributed by atoms with Crippen molar-refractivity contribution in [1.29, 1.82) is 0 Å². The summed E-state index contributed by atoms with van der Waals surface area (Å²) in [7, 11) is 0. The van der Waals surface area contributed by atoms with Crippen molar-refractivity contribution in [1.82, 2.24) is 9.88 Å². The first-order chi connectivity index (χ1) is 7.04. The van der Waals surface area contributed by atoms with Crippen LogP contribution in [-0.2, 0) is 6.54 Å². The molecule has 1 rings (SSSR count). The molecule has 1 aromatic heterocycles. The molecular weight excluding hydrogens is 256 g/mol. The number of rotatable bonds is 4. The van der Waals surface area contributed by atoms with Crippen LogP contribution in [0.1, 0.15) is 24.3 Å². The van der Waals surface area contributed by atoms with Crippen molar-refractivity contribution in [3.8, 4) is 0 Å². The average Bonchev–Trinajstić information content (AvgIpc) is 2.56. The van der Waals surface area contributed by atoms with Gasteiger partial charge < -0.3 is 9.88 Å². The van der Waals surface area contributed by atoms with Crippen molar-refractivity contribution in [2.24, 2.45) is 0 Å². The highest BCUT2D eigenvalue weighted by atomic mass is 79.9. The van der Waals surface area contributed by atoms with E-state index in [1.807, 2.05) is 30.7 Å². The summed E-state index contributed by atoms with van der Waals surface area (Å²) in [5.74, 6) is -0.0643. The zero-order valence-electron chi connectivity index (χ0n) is 9.01. The Balaban J connectivity index is 2.76. The lowest BCUT2D eigenvalue weighted by molar-refractivity contribution is 0.0948. The summed E-state index contributed by atoms with van der Waals surface area (Å²) >= 11 is 3.35. The molecule has 15 heavy (non-hydrogen) atoms. The van der Waals surface area contributed by atoms with E-state index in [9.17, 15) is 4.79 Å². The van der Waals surface area contributed by atoms with Gasteiger partial charge in [-0.2, -0.15) is 0 Å². The van der Waals surface area contributed by atoms with E-state index in [1.165, 1.54) is 0 Å². The van der Waals surface area contributed by atoms with Gasteiger partial charge >= 0.3 is 0 Å². The fraction of sp³-hybridized carbons (Fsp3) is 0.364. The van der Waals surface area contributed by atoms with Crippen LogP contribution in [0.15, 0.2) is 28.9 Å². The lowest BCUT2D eigenvalue weighted by atomic mass is 10.3. The lowest BCUT2D eigenvalue weighted by Crippen LogP contribution is -2.26. The highest BCUT2D eigenvalue weighted by Crippen LogP contribution is 2.14. The Morgan fingerprint density at radius 3 is 2.87 bits per heavy atom. The Bertz CT molecular complexity index is 382. The molecule has 0 saturated heterocycles. The van der Waals surface area contributed by atoms with Gasteiger partial charge in [-0.1, -0.05) is 12.2 Å². The van der Waals surface area contributed by atoms with Gasteiger partial charge in [-0.3, -0.25) is 4.79 Å². The molecule has 0 saturated carbocycles. The van der Waals surface area contributed by atoms with E-state index in [0.717, 1.165) is 16.6 Å². The Morgan fingerprint density at radius 2 is 2.33 bits per heavy atom. The molecule has 0 fully saturated rings. The Hall–Kier alpha value is -1.03. The van der Waals surface area contributed by atoms with E-state index >= 15 is 0 Å². The second-order valence-corrected chi connectivity index (χ2v) is 4.39. The number of carbonyl (C=O) groups is 1. The van der Waals surface area contributed by atoms with Gasteiger partial charge in [0.2, 0.25) is 0 Å². The van der Waals surface area contributed by atoms with Gasteiger partial charge in [-0.15, -0.1) is 0 Å². The average molecular weight is 271 g/mol. The normalized spacial score (nSPS) is 10.1. The predicted molar refractivity (Wildman–Crippen MR) is 65.0 cm³/mol. The molecule has 0 aliphatic carbocycles. The minimum Gasteiger partial charge on any atom is -0.347 e. The number of nitrogens with zero attached hydrogens (tertiary/aromatic N) is 1. The summed E-state index contributed by atoms with van der Waals surface area (Å²) in [5.41, 5.74) is 1.61. The molecule has 0 spiro atoms. The van der Waals surface area contributed by atoms with E-state index in [4.69, 9.17) is 0 Å². The Kier molecular flexibility index (Phi) is 4.15. The minimum absolute atomic E-state index is 0.0643. The van der Waals surface area contributed by atoms with Crippen LogP contribution in [0.5, 0.6) is 0 Å². The molecule has 0 aliphatic heterocycles. The predicted octanol–water partition coefficient (Wildman–Crippen LogP) is 2.58. The number of carbonyl (C=O) groups excluding carboxylic acids is 1. The molecule has 0 aromatic carbocycles. The van der Waals surface area contributed by atoms with Crippen LogP contribution in [-0.4, -0.2) is 17.0 Å². The van der Waals surface area contributed by atoms with Crippen LogP contribution in [0.3, 0.4) is 0 Å². The van der Waals surface area contributed by atoms with Crippen molar-refractivity contribution in [3.05, 3.63) is 34.6 Å². The quantitative estimate of drug-likeness (QED) is 0.839. The molecule has 1 aromatic rings. The highest BCUT2D eigenvalue weighted by Gasteiger charge is 2.11. The Morgan fingerprint density at radius 1 is 1.67 bits per heavy atom.